The van der Waals surface area contributed by atoms with Crippen molar-refractivity contribution in [3.05, 3.63) is 33.8 Å². The molecule has 1 aliphatic carbocycles. The zero-order chi connectivity index (χ0) is 16.1. The van der Waals surface area contributed by atoms with Crippen molar-refractivity contribution >= 4 is 21.4 Å². The van der Waals surface area contributed by atoms with Gasteiger partial charge in [-0.05, 0) is 38.5 Å². The number of aryl methyl sites for hydroxylation is 1. The fourth-order valence-electron chi connectivity index (χ4n) is 2.95. The van der Waals surface area contributed by atoms with E-state index in [1.165, 1.54) is 48.0 Å². The van der Waals surface area contributed by atoms with Gasteiger partial charge in [0.05, 0.1) is 0 Å². The summed E-state index contributed by atoms with van der Waals surface area (Å²) in [6, 6.07) is 1.59. The Labute approximate surface area is 140 Å². The number of allylic oxidation sites excluding steroid dienone is 1. The van der Waals surface area contributed by atoms with Crippen molar-refractivity contribution in [1.82, 2.24) is 14.6 Å². The maximum atomic E-state index is 12.1. The molecule has 0 spiro atoms. The Bertz CT molecular complexity index is 747. The predicted molar refractivity (Wildman–Crippen MR) is 95.4 cm³/mol. The van der Waals surface area contributed by atoms with Crippen LogP contribution in [0, 0.1) is 0 Å². The van der Waals surface area contributed by atoms with Crippen LogP contribution in [0.3, 0.4) is 0 Å². The molecular weight excluding hydrogens is 308 g/mol. The molecule has 0 saturated carbocycles. The van der Waals surface area contributed by atoms with Crippen molar-refractivity contribution in [3.63, 3.8) is 0 Å². The first-order valence-corrected chi connectivity index (χ1v) is 9.39. The minimum absolute atomic E-state index is 0.0887. The van der Waals surface area contributed by atoms with E-state index in [2.05, 4.69) is 28.4 Å². The average molecular weight is 332 g/mol. The lowest BCUT2D eigenvalue weighted by Crippen LogP contribution is -2.15. The summed E-state index contributed by atoms with van der Waals surface area (Å²) in [5.74, 6) is 0. The van der Waals surface area contributed by atoms with E-state index in [-0.39, 0.29) is 5.56 Å². The fraction of sp³-hybridized carbons (Fsp3) is 0.588. The van der Waals surface area contributed by atoms with E-state index in [9.17, 15) is 4.79 Å². The lowest BCUT2D eigenvalue weighted by atomic mass is 10.1. The van der Waals surface area contributed by atoms with Crippen LogP contribution in [0.4, 0.5) is 5.13 Å². The van der Waals surface area contributed by atoms with Gasteiger partial charge >= 0.3 is 0 Å². The molecule has 124 valence electrons. The number of nitrogens with one attached hydrogen (secondary N) is 1. The van der Waals surface area contributed by atoms with Crippen LogP contribution in [0.25, 0.3) is 4.96 Å². The zero-order valence-corrected chi connectivity index (χ0v) is 14.5. The van der Waals surface area contributed by atoms with Gasteiger partial charge in [-0.2, -0.15) is 4.52 Å². The molecule has 0 aliphatic heterocycles. The van der Waals surface area contributed by atoms with E-state index < -0.39 is 0 Å². The van der Waals surface area contributed by atoms with E-state index in [4.69, 9.17) is 0 Å². The molecular formula is C17H24N4OS. The van der Waals surface area contributed by atoms with Gasteiger partial charge < -0.3 is 5.32 Å². The summed E-state index contributed by atoms with van der Waals surface area (Å²) in [6.45, 7) is 2.95. The third-order valence-corrected chi connectivity index (χ3v) is 5.03. The van der Waals surface area contributed by atoms with Gasteiger partial charge in [-0.3, -0.25) is 4.79 Å². The smallest absolute Gasteiger partial charge is 0.275 e. The van der Waals surface area contributed by atoms with Crippen LogP contribution < -0.4 is 10.9 Å². The molecule has 5 nitrogen and oxygen atoms in total. The van der Waals surface area contributed by atoms with Crippen LogP contribution in [0.1, 0.15) is 57.6 Å². The summed E-state index contributed by atoms with van der Waals surface area (Å²) in [5, 5.41) is 8.47. The number of aromatic nitrogens is 3. The Morgan fingerprint density at radius 2 is 2.22 bits per heavy atom. The fourth-order valence-corrected chi connectivity index (χ4v) is 3.80. The average Bonchev–Trinajstić information content (AvgIpc) is 2.76. The molecule has 2 aromatic rings. The van der Waals surface area contributed by atoms with E-state index >= 15 is 0 Å². The Kier molecular flexibility index (Phi) is 5.43. The second kappa shape index (κ2) is 7.73. The Morgan fingerprint density at radius 1 is 1.30 bits per heavy atom. The number of rotatable bonds is 6. The van der Waals surface area contributed by atoms with Crippen LogP contribution in [0.5, 0.6) is 0 Å². The monoisotopic (exact) mass is 332 g/mol. The SMILES string of the molecule is CCCc1cc(=O)n2nc(NCCC3=CCCCCC3)sc2n1. The van der Waals surface area contributed by atoms with Crippen molar-refractivity contribution in [3.8, 4) is 0 Å². The minimum Gasteiger partial charge on any atom is -0.360 e. The highest BCUT2D eigenvalue weighted by Crippen LogP contribution is 2.21. The second-order valence-corrected chi connectivity index (χ2v) is 7.03. The van der Waals surface area contributed by atoms with Crippen LogP contribution in [0.15, 0.2) is 22.5 Å². The van der Waals surface area contributed by atoms with Crippen molar-refractivity contribution in [1.29, 1.82) is 0 Å². The Morgan fingerprint density at radius 3 is 3.09 bits per heavy atom. The van der Waals surface area contributed by atoms with Crippen molar-refractivity contribution in [2.45, 2.75) is 58.3 Å². The molecule has 0 fully saturated rings. The lowest BCUT2D eigenvalue weighted by Gasteiger charge is -2.05. The summed E-state index contributed by atoms with van der Waals surface area (Å²) in [5.41, 5.74) is 2.32. The number of hydrogen-bond donors (Lipinski definition) is 1. The van der Waals surface area contributed by atoms with Gasteiger partial charge in [0.25, 0.3) is 5.56 Å². The zero-order valence-electron chi connectivity index (χ0n) is 13.7. The second-order valence-electron chi connectivity index (χ2n) is 6.08. The van der Waals surface area contributed by atoms with Crippen LogP contribution in [-0.2, 0) is 6.42 Å². The molecule has 0 aromatic carbocycles. The number of fused-ring (bicyclic) bond motifs is 1. The minimum atomic E-state index is -0.0887. The quantitative estimate of drug-likeness (QED) is 0.818. The molecule has 2 heterocycles. The summed E-state index contributed by atoms with van der Waals surface area (Å²) in [4.78, 5) is 17.3. The van der Waals surface area contributed by atoms with Crippen molar-refractivity contribution < 1.29 is 0 Å². The maximum absolute atomic E-state index is 12.1. The molecule has 1 aliphatic rings. The molecule has 0 radical (unpaired) electrons. The molecule has 1 N–H and O–H groups in total. The normalized spacial score (nSPS) is 15.4. The van der Waals surface area contributed by atoms with E-state index in [0.717, 1.165) is 36.6 Å². The number of hydrogen-bond acceptors (Lipinski definition) is 5. The molecule has 23 heavy (non-hydrogen) atoms. The standard InChI is InChI=1S/C17H24N4OS/c1-2-7-14-12-15(22)21-17(19-14)23-16(20-21)18-11-10-13-8-5-3-4-6-9-13/h8,12H,2-7,9-11H2,1H3,(H,18,20). The first-order chi connectivity index (χ1) is 11.3. The van der Waals surface area contributed by atoms with E-state index in [1.807, 2.05) is 0 Å². The molecule has 0 saturated heterocycles. The summed E-state index contributed by atoms with van der Waals surface area (Å²) in [6.07, 6.45) is 11.7. The molecule has 0 bridgehead atoms. The van der Waals surface area contributed by atoms with Crippen molar-refractivity contribution in [2.24, 2.45) is 0 Å². The largest absolute Gasteiger partial charge is 0.360 e. The first-order valence-electron chi connectivity index (χ1n) is 8.58. The van der Waals surface area contributed by atoms with E-state index in [0.29, 0.717) is 4.96 Å². The Hall–Kier alpha value is -1.69. The first kappa shape index (κ1) is 16.2. The molecule has 0 unspecified atom stereocenters. The molecule has 2 aromatic heterocycles. The highest BCUT2D eigenvalue weighted by Gasteiger charge is 2.09. The summed E-state index contributed by atoms with van der Waals surface area (Å²) >= 11 is 1.45. The van der Waals surface area contributed by atoms with Gasteiger partial charge in [0, 0.05) is 18.3 Å². The highest BCUT2D eigenvalue weighted by molar-refractivity contribution is 7.20. The van der Waals surface area contributed by atoms with Gasteiger partial charge in [-0.15, -0.1) is 5.10 Å². The van der Waals surface area contributed by atoms with Crippen LogP contribution in [-0.4, -0.2) is 21.1 Å². The predicted octanol–water partition coefficient (Wildman–Crippen LogP) is 3.80. The molecule has 6 heteroatoms. The van der Waals surface area contributed by atoms with Gasteiger partial charge in [0.1, 0.15) is 0 Å². The summed E-state index contributed by atoms with van der Waals surface area (Å²) in [7, 11) is 0. The highest BCUT2D eigenvalue weighted by atomic mass is 32.1. The van der Waals surface area contributed by atoms with Gasteiger partial charge in [-0.1, -0.05) is 42.8 Å². The third-order valence-electron chi connectivity index (χ3n) is 4.16. The summed E-state index contributed by atoms with van der Waals surface area (Å²) < 4.78 is 1.40. The third kappa shape index (κ3) is 4.19. The van der Waals surface area contributed by atoms with Gasteiger partial charge in [-0.25, -0.2) is 4.98 Å². The molecule has 0 atom stereocenters. The number of anilines is 1. The molecule has 0 amide bonds. The maximum Gasteiger partial charge on any atom is 0.275 e. The van der Waals surface area contributed by atoms with Crippen LogP contribution >= 0.6 is 11.3 Å². The topological polar surface area (TPSA) is 59.3 Å². The van der Waals surface area contributed by atoms with E-state index in [1.54, 1.807) is 11.6 Å². The molecule has 3 rings (SSSR count). The van der Waals surface area contributed by atoms with Crippen LogP contribution in [0.2, 0.25) is 0 Å². The van der Waals surface area contributed by atoms with Gasteiger partial charge in [0.2, 0.25) is 10.1 Å². The van der Waals surface area contributed by atoms with Gasteiger partial charge in [0.15, 0.2) is 0 Å². The Balaban J connectivity index is 1.65. The van der Waals surface area contributed by atoms with Crippen molar-refractivity contribution in [2.75, 3.05) is 11.9 Å². The number of nitrogens with zero attached hydrogens (tertiary/aromatic N) is 3. The lowest BCUT2D eigenvalue weighted by molar-refractivity contribution is 0.703.